The van der Waals surface area contributed by atoms with Crippen molar-refractivity contribution >= 4 is 11.9 Å². The first-order valence-electron chi connectivity index (χ1n) is 9.01. The van der Waals surface area contributed by atoms with Crippen molar-refractivity contribution in [3.8, 4) is 0 Å². The Bertz CT molecular complexity index is 646. The van der Waals surface area contributed by atoms with Crippen molar-refractivity contribution in [3.63, 3.8) is 0 Å². The largest absolute Gasteiger partial charge is 0.478 e. The van der Waals surface area contributed by atoms with Crippen molar-refractivity contribution in [1.82, 2.24) is 0 Å². The molecule has 3 unspecified atom stereocenters. The van der Waals surface area contributed by atoms with E-state index in [-0.39, 0.29) is 5.92 Å². The number of carbonyl (C=O) groups is 2. The molecule has 0 fully saturated rings. The predicted octanol–water partition coefficient (Wildman–Crippen LogP) is 3.93. The summed E-state index contributed by atoms with van der Waals surface area (Å²) in [5.41, 5.74) is -0.274. The number of hydrogen-bond acceptors (Lipinski definition) is 4. The van der Waals surface area contributed by atoms with E-state index in [4.69, 9.17) is 15.3 Å². The number of benzene rings is 2. The maximum absolute atomic E-state index is 10.2. The van der Waals surface area contributed by atoms with Crippen molar-refractivity contribution in [2.45, 2.75) is 45.8 Å². The SMILES string of the molecule is CCC(C)C(C)(O)C(C)O.O=C(O)c1ccccc1.O=C(O)c1ccccc1. The van der Waals surface area contributed by atoms with Gasteiger partial charge in [-0.05, 0) is 44.0 Å². The quantitative estimate of drug-likeness (QED) is 0.615. The van der Waals surface area contributed by atoms with Gasteiger partial charge in [0.05, 0.1) is 22.8 Å². The molecule has 0 aliphatic carbocycles. The molecule has 28 heavy (non-hydrogen) atoms. The maximum atomic E-state index is 10.2. The van der Waals surface area contributed by atoms with E-state index >= 15 is 0 Å². The summed E-state index contributed by atoms with van der Waals surface area (Å²) in [5.74, 6) is -1.61. The maximum Gasteiger partial charge on any atom is 0.335 e. The standard InChI is InChI=1S/C8H18O2.2C7H6O2/c1-5-6(2)8(4,10)7(3)9;2*8-7(9)6-4-2-1-3-5-6/h6-7,9-10H,5H2,1-4H3;2*1-5H,(H,8,9). The van der Waals surface area contributed by atoms with E-state index < -0.39 is 23.6 Å². The van der Waals surface area contributed by atoms with Gasteiger partial charge in [0.25, 0.3) is 0 Å². The fraction of sp³-hybridized carbons (Fsp3) is 0.364. The Morgan fingerprint density at radius 1 is 0.857 bits per heavy atom. The van der Waals surface area contributed by atoms with Crippen LogP contribution < -0.4 is 0 Å². The summed E-state index contributed by atoms with van der Waals surface area (Å²) in [7, 11) is 0. The van der Waals surface area contributed by atoms with E-state index in [1.54, 1.807) is 74.5 Å². The first kappa shape index (κ1) is 25.3. The molecule has 2 aromatic carbocycles. The van der Waals surface area contributed by atoms with Crippen LogP contribution in [0.1, 0.15) is 54.8 Å². The van der Waals surface area contributed by atoms with Crippen molar-refractivity contribution < 1.29 is 30.0 Å². The molecule has 2 rings (SSSR count). The third-order valence-corrected chi connectivity index (χ3v) is 4.50. The van der Waals surface area contributed by atoms with Crippen LogP contribution >= 0.6 is 0 Å². The molecule has 6 heteroatoms. The van der Waals surface area contributed by atoms with Crippen LogP contribution in [0.3, 0.4) is 0 Å². The van der Waals surface area contributed by atoms with Gasteiger partial charge in [0.2, 0.25) is 0 Å². The van der Waals surface area contributed by atoms with Crippen LogP contribution in [0.2, 0.25) is 0 Å². The molecular formula is C22H30O6. The van der Waals surface area contributed by atoms with Gasteiger partial charge < -0.3 is 20.4 Å². The van der Waals surface area contributed by atoms with Gasteiger partial charge in [-0.15, -0.1) is 0 Å². The molecule has 0 heterocycles. The van der Waals surface area contributed by atoms with Crippen molar-refractivity contribution in [2.75, 3.05) is 0 Å². The lowest BCUT2D eigenvalue weighted by atomic mass is 9.85. The van der Waals surface area contributed by atoms with Crippen LogP contribution in [0.25, 0.3) is 0 Å². The van der Waals surface area contributed by atoms with Gasteiger partial charge in [0, 0.05) is 0 Å². The molecule has 4 N–H and O–H groups in total. The molecule has 0 aliphatic rings. The molecule has 0 saturated heterocycles. The van der Waals surface area contributed by atoms with E-state index in [1.807, 2.05) is 13.8 Å². The second-order valence-electron chi connectivity index (χ2n) is 6.55. The number of aliphatic hydroxyl groups is 2. The van der Waals surface area contributed by atoms with E-state index in [9.17, 15) is 14.7 Å². The zero-order chi connectivity index (χ0) is 21.7. The van der Waals surface area contributed by atoms with Crippen molar-refractivity contribution in [2.24, 2.45) is 5.92 Å². The Labute approximate surface area is 166 Å². The molecule has 0 radical (unpaired) electrons. The predicted molar refractivity (Wildman–Crippen MR) is 109 cm³/mol. The zero-order valence-corrected chi connectivity index (χ0v) is 16.7. The summed E-state index contributed by atoms with van der Waals surface area (Å²) in [6, 6.07) is 16.6. The molecule has 0 saturated carbocycles. The van der Waals surface area contributed by atoms with Gasteiger partial charge in [0.15, 0.2) is 0 Å². The van der Waals surface area contributed by atoms with Gasteiger partial charge in [-0.1, -0.05) is 56.7 Å². The first-order valence-corrected chi connectivity index (χ1v) is 9.01. The number of aliphatic hydroxyl groups excluding tert-OH is 1. The highest BCUT2D eigenvalue weighted by Crippen LogP contribution is 2.23. The van der Waals surface area contributed by atoms with Gasteiger partial charge in [-0.2, -0.15) is 0 Å². The number of hydrogen-bond donors (Lipinski definition) is 4. The summed E-state index contributed by atoms with van der Waals surface area (Å²) in [6.07, 6.45) is 0.236. The zero-order valence-electron chi connectivity index (χ0n) is 16.7. The molecule has 154 valence electrons. The third kappa shape index (κ3) is 9.30. The summed E-state index contributed by atoms with van der Waals surface area (Å²) in [5, 5.41) is 35.5. The molecule has 0 aromatic heterocycles. The summed E-state index contributed by atoms with van der Waals surface area (Å²) in [4.78, 5) is 20.4. The van der Waals surface area contributed by atoms with Crippen LogP contribution in [0, 0.1) is 5.92 Å². The average molecular weight is 390 g/mol. The van der Waals surface area contributed by atoms with Crippen LogP contribution in [-0.2, 0) is 0 Å². The fourth-order valence-corrected chi connectivity index (χ4v) is 1.99. The smallest absolute Gasteiger partial charge is 0.335 e. The Balaban J connectivity index is 0.000000391. The average Bonchev–Trinajstić information content (AvgIpc) is 2.69. The molecule has 2 aromatic rings. The molecule has 6 nitrogen and oxygen atoms in total. The van der Waals surface area contributed by atoms with Gasteiger partial charge >= 0.3 is 11.9 Å². The summed E-state index contributed by atoms with van der Waals surface area (Å²) < 4.78 is 0. The number of rotatable bonds is 5. The van der Waals surface area contributed by atoms with Crippen LogP contribution in [0.4, 0.5) is 0 Å². The Hall–Kier alpha value is -2.70. The molecule has 0 aliphatic heterocycles. The second kappa shape index (κ2) is 12.6. The highest BCUT2D eigenvalue weighted by atomic mass is 16.4. The lowest BCUT2D eigenvalue weighted by Gasteiger charge is -2.32. The molecule has 0 bridgehead atoms. The second-order valence-corrected chi connectivity index (χ2v) is 6.55. The van der Waals surface area contributed by atoms with Crippen molar-refractivity contribution in [3.05, 3.63) is 71.8 Å². The van der Waals surface area contributed by atoms with Crippen molar-refractivity contribution in [1.29, 1.82) is 0 Å². The van der Waals surface area contributed by atoms with E-state index in [0.29, 0.717) is 11.1 Å². The molecule has 3 atom stereocenters. The van der Waals surface area contributed by atoms with Crippen LogP contribution in [0.15, 0.2) is 60.7 Å². The van der Waals surface area contributed by atoms with Gasteiger partial charge in [0.1, 0.15) is 0 Å². The summed E-state index contributed by atoms with van der Waals surface area (Å²) >= 11 is 0. The van der Waals surface area contributed by atoms with E-state index in [2.05, 4.69) is 0 Å². The first-order chi connectivity index (χ1) is 13.0. The van der Waals surface area contributed by atoms with Gasteiger partial charge in [-0.3, -0.25) is 0 Å². The topological polar surface area (TPSA) is 115 Å². The Kier molecular flexibility index (Phi) is 11.4. The van der Waals surface area contributed by atoms with Crippen LogP contribution in [-0.4, -0.2) is 44.1 Å². The molecular weight excluding hydrogens is 360 g/mol. The minimum atomic E-state index is -0.936. The third-order valence-electron chi connectivity index (χ3n) is 4.50. The monoisotopic (exact) mass is 390 g/mol. The van der Waals surface area contributed by atoms with Crippen LogP contribution in [0.5, 0.6) is 0 Å². The molecule has 0 spiro atoms. The minimum absolute atomic E-state index is 0.146. The van der Waals surface area contributed by atoms with E-state index in [0.717, 1.165) is 6.42 Å². The number of carboxylic acids is 2. The Morgan fingerprint density at radius 2 is 1.18 bits per heavy atom. The number of aromatic carboxylic acids is 2. The fourth-order valence-electron chi connectivity index (χ4n) is 1.99. The lowest BCUT2D eigenvalue weighted by molar-refractivity contribution is -0.0887. The lowest BCUT2D eigenvalue weighted by Crippen LogP contribution is -2.43. The normalized spacial score (nSPS) is 14.1. The highest BCUT2D eigenvalue weighted by Gasteiger charge is 2.31. The highest BCUT2D eigenvalue weighted by molar-refractivity contribution is 5.87. The van der Waals surface area contributed by atoms with Gasteiger partial charge in [-0.25, -0.2) is 9.59 Å². The molecule has 0 amide bonds. The Morgan fingerprint density at radius 3 is 1.32 bits per heavy atom. The number of carboxylic acid groups (broad SMARTS) is 2. The summed E-state index contributed by atoms with van der Waals surface area (Å²) in [6.45, 7) is 7.23. The van der Waals surface area contributed by atoms with E-state index in [1.165, 1.54) is 0 Å². The minimum Gasteiger partial charge on any atom is -0.478 e.